The molecule has 1 N–H and O–H groups in total. The van der Waals surface area contributed by atoms with E-state index in [1.807, 2.05) is 30.5 Å². The van der Waals surface area contributed by atoms with Crippen molar-refractivity contribution >= 4 is 41.7 Å². The van der Waals surface area contributed by atoms with Crippen molar-refractivity contribution in [2.24, 2.45) is 0 Å². The Morgan fingerprint density at radius 1 is 1.00 bits per heavy atom. The predicted molar refractivity (Wildman–Crippen MR) is 126 cm³/mol. The number of piperazine rings is 1. The van der Waals surface area contributed by atoms with Crippen LogP contribution < -0.4 is 14.8 Å². The molecule has 0 spiro atoms. The fourth-order valence-corrected chi connectivity index (χ4v) is 3.82. The highest BCUT2D eigenvalue weighted by Crippen LogP contribution is 2.28. The smallest absolute Gasteiger partial charge is 0.254 e. The Morgan fingerprint density at radius 3 is 2.35 bits per heavy atom. The topological polar surface area (TPSA) is 71.1 Å². The Morgan fingerprint density at radius 2 is 1.71 bits per heavy atom. The Hall–Kier alpha value is -2.42. The summed E-state index contributed by atoms with van der Waals surface area (Å²) < 4.78 is 10.5. The minimum atomic E-state index is -0.0482. The Balaban J connectivity index is 0.00000341. The lowest BCUT2D eigenvalue weighted by Crippen LogP contribution is -2.50. The molecule has 1 saturated heterocycles. The lowest BCUT2D eigenvalue weighted by Gasteiger charge is -2.34. The molecule has 7 nitrogen and oxygen atoms in total. The second-order valence-electron chi connectivity index (χ2n) is 6.92. The monoisotopic (exact) mass is 465 g/mol. The summed E-state index contributed by atoms with van der Waals surface area (Å²) in [6.07, 6.45) is 2.00. The average molecular weight is 466 g/mol. The summed E-state index contributed by atoms with van der Waals surface area (Å²) in [5.41, 5.74) is 1.36. The maximum absolute atomic E-state index is 12.8. The van der Waals surface area contributed by atoms with Gasteiger partial charge in [0.05, 0.1) is 20.8 Å². The number of carbonyl (C=O) groups excluding carboxylic acids is 2. The van der Waals surface area contributed by atoms with Crippen LogP contribution in [0, 0.1) is 0 Å². The molecule has 9 heteroatoms. The van der Waals surface area contributed by atoms with Crippen molar-refractivity contribution in [3.63, 3.8) is 0 Å². The van der Waals surface area contributed by atoms with E-state index in [9.17, 15) is 9.59 Å². The third kappa shape index (κ3) is 6.53. The molecule has 2 amide bonds. The van der Waals surface area contributed by atoms with E-state index in [0.717, 1.165) is 10.6 Å². The summed E-state index contributed by atoms with van der Waals surface area (Å²) >= 11 is 1.64. The van der Waals surface area contributed by atoms with Crippen LogP contribution in [0.2, 0.25) is 0 Å². The van der Waals surface area contributed by atoms with E-state index in [2.05, 4.69) is 10.2 Å². The summed E-state index contributed by atoms with van der Waals surface area (Å²) in [5.74, 6) is 1.03. The molecule has 2 aromatic carbocycles. The van der Waals surface area contributed by atoms with Gasteiger partial charge in [-0.2, -0.15) is 0 Å². The SMILES string of the molecule is COc1ccc(C(=O)N2CCN(CC(=O)Nc3cccc(SC)c3)CC2)cc1OC.Cl. The first kappa shape index (κ1) is 24.8. The number of anilines is 1. The van der Waals surface area contributed by atoms with Crippen LogP contribution in [-0.4, -0.2) is 74.8 Å². The van der Waals surface area contributed by atoms with E-state index < -0.39 is 0 Å². The Kier molecular flexibility index (Phi) is 9.48. The van der Waals surface area contributed by atoms with E-state index in [4.69, 9.17) is 9.47 Å². The van der Waals surface area contributed by atoms with Crippen molar-refractivity contribution in [1.29, 1.82) is 0 Å². The molecule has 0 unspecified atom stereocenters. The summed E-state index contributed by atoms with van der Waals surface area (Å²) in [6.45, 7) is 2.75. The van der Waals surface area contributed by atoms with Gasteiger partial charge < -0.3 is 19.7 Å². The number of nitrogens with one attached hydrogen (secondary N) is 1. The second kappa shape index (κ2) is 11.8. The Bertz CT molecular complexity index is 904. The molecule has 1 aliphatic rings. The second-order valence-corrected chi connectivity index (χ2v) is 7.80. The molecule has 0 bridgehead atoms. The number of thioether (sulfide) groups is 1. The molecule has 1 fully saturated rings. The number of carbonyl (C=O) groups is 2. The van der Waals surface area contributed by atoms with Gasteiger partial charge in [0.15, 0.2) is 11.5 Å². The van der Waals surface area contributed by atoms with E-state index in [-0.39, 0.29) is 24.2 Å². The molecule has 168 valence electrons. The van der Waals surface area contributed by atoms with Gasteiger partial charge in [0.1, 0.15) is 0 Å². The average Bonchev–Trinajstić information content (AvgIpc) is 2.78. The van der Waals surface area contributed by atoms with E-state index >= 15 is 0 Å². The lowest BCUT2D eigenvalue weighted by atomic mass is 10.1. The molecule has 0 saturated carbocycles. The largest absolute Gasteiger partial charge is 0.493 e. The van der Waals surface area contributed by atoms with Crippen molar-refractivity contribution in [3.8, 4) is 11.5 Å². The number of rotatable bonds is 7. The van der Waals surface area contributed by atoms with E-state index in [1.165, 1.54) is 0 Å². The van der Waals surface area contributed by atoms with Crippen LogP contribution in [0.25, 0.3) is 0 Å². The zero-order chi connectivity index (χ0) is 21.5. The molecule has 31 heavy (non-hydrogen) atoms. The van der Waals surface area contributed by atoms with Gasteiger partial charge in [0.2, 0.25) is 5.91 Å². The van der Waals surface area contributed by atoms with Gasteiger partial charge in [0.25, 0.3) is 5.91 Å². The number of benzene rings is 2. The van der Waals surface area contributed by atoms with Gasteiger partial charge in [-0.1, -0.05) is 6.07 Å². The van der Waals surface area contributed by atoms with Crippen LogP contribution in [0.1, 0.15) is 10.4 Å². The van der Waals surface area contributed by atoms with Crippen LogP contribution in [0.5, 0.6) is 11.5 Å². The lowest BCUT2D eigenvalue weighted by molar-refractivity contribution is -0.117. The molecule has 0 aromatic heterocycles. The third-order valence-corrected chi connectivity index (χ3v) is 5.74. The highest BCUT2D eigenvalue weighted by molar-refractivity contribution is 7.98. The number of nitrogens with zero attached hydrogens (tertiary/aromatic N) is 2. The van der Waals surface area contributed by atoms with Gasteiger partial charge in [-0.3, -0.25) is 14.5 Å². The van der Waals surface area contributed by atoms with Gasteiger partial charge in [-0.25, -0.2) is 0 Å². The van der Waals surface area contributed by atoms with Crippen molar-refractivity contribution in [2.45, 2.75) is 4.90 Å². The molecule has 0 atom stereocenters. The minimum Gasteiger partial charge on any atom is -0.493 e. The standard InChI is InChI=1S/C22H27N3O4S.ClH/c1-28-19-8-7-16(13-20(19)29-2)22(27)25-11-9-24(10-12-25)15-21(26)23-17-5-4-6-18(14-17)30-3;/h4-8,13-14H,9-12,15H2,1-3H3,(H,23,26);1H. The Labute approximate surface area is 193 Å². The molecule has 2 aromatic rings. The highest BCUT2D eigenvalue weighted by Gasteiger charge is 2.24. The molecule has 0 radical (unpaired) electrons. The molecular formula is C22H28ClN3O4S. The normalized spacial score (nSPS) is 13.8. The zero-order valence-corrected chi connectivity index (χ0v) is 19.6. The number of amides is 2. The summed E-state index contributed by atoms with van der Waals surface area (Å²) in [5, 5.41) is 2.95. The highest BCUT2D eigenvalue weighted by atomic mass is 35.5. The molecular weight excluding hydrogens is 438 g/mol. The van der Waals surface area contributed by atoms with Crippen LogP contribution >= 0.6 is 24.2 Å². The van der Waals surface area contributed by atoms with Gasteiger partial charge in [-0.05, 0) is 42.7 Å². The minimum absolute atomic E-state index is 0. The van der Waals surface area contributed by atoms with Gasteiger partial charge >= 0.3 is 0 Å². The van der Waals surface area contributed by atoms with E-state index in [0.29, 0.717) is 49.8 Å². The zero-order valence-electron chi connectivity index (χ0n) is 17.9. The quantitative estimate of drug-likeness (QED) is 0.633. The predicted octanol–water partition coefficient (Wildman–Crippen LogP) is 3.24. The number of halogens is 1. The summed E-state index contributed by atoms with van der Waals surface area (Å²) in [7, 11) is 3.11. The fourth-order valence-electron chi connectivity index (χ4n) is 3.37. The van der Waals surface area contributed by atoms with Crippen molar-refractivity contribution < 1.29 is 19.1 Å². The third-order valence-electron chi connectivity index (χ3n) is 5.01. The molecule has 3 rings (SSSR count). The van der Waals surface area contributed by atoms with Crippen molar-refractivity contribution in [3.05, 3.63) is 48.0 Å². The first-order valence-corrected chi connectivity index (χ1v) is 10.9. The van der Waals surface area contributed by atoms with Crippen LogP contribution in [0.4, 0.5) is 5.69 Å². The van der Waals surface area contributed by atoms with Gasteiger partial charge in [-0.15, -0.1) is 24.2 Å². The number of methoxy groups -OCH3 is 2. The first-order chi connectivity index (χ1) is 14.5. The fraction of sp³-hybridized carbons (Fsp3) is 0.364. The first-order valence-electron chi connectivity index (χ1n) is 9.71. The maximum atomic E-state index is 12.8. The van der Waals surface area contributed by atoms with Crippen LogP contribution in [-0.2, 0) is 4.79 Å². The number of ether oxygens (including phenoxy) is 2. The molecule has 1 heterocycles. The maximum Gasteiger partial charge on any atom is 0.254 e. The summed E-state index contributed by atoms with van der Waals surface area (Å²) in [6, 6.07) is 13.0. The van der Waals surface area contributed by atoms with E-state index in [1.54, 1.807) is 49.1 Å². The van der Waals surface area contributed by atoms with Crippen LogP contribution in [0.3, 0.4) is 0 Å². The number of hydrogen-bond acceptors (Lipinski definition) is 6. The van der Waals surface area contributed by atoms with Crippen molar-refractivity contribution in [2.75, 3.05) is 58.5 Å². The molecule has 1 aliphatic heterocycles. The van der Waals surface area contributed by atoms with Gasteiger partial charge in [0, 0.05) is 42.3 Å². The van der Waals surface area contributed by atoms with Crippen LogP contribution in [0.15, 0.2) is 47.4 Å². The summed E-state index contributed by atoms with van der Waals surface area (Å²) in [4.78, 5) is 30.2. The molecule has 0 aliphatic carbocycles. The van der Waals surface area contributed by atoms with Crippen molar-refractivity contribution in [1.82, 2.24) is 9.80 Å². The number of hydrogen-bond donors (Lipinski definition) is 1.